The molecule has 0 unspecified atom stereocenters. The number of hydrogen-bond donors (Lipinski definition) is 0. The van der Waals surface area contributed by atoms with Gasteiger partial charge < -0.3 is 4.40 Å². The monoisotopic (exact) mass is 430 g/mol. The minimum absolute atomic E-state index is 0.193. The lowest BCUT2D eigenvalue weighted by Gasteiger charge is -2.20. The summed E-state index contributed by atoms with van der Waals surface area (Å²) in [6.45, 7) is 19.2. The predicted octanol–water partition coefficient (Wildman–Crippen LogP) is 7.57. The zero-order chi connectivity index (χ0) is 23.2. The molecule has 0 fully saturated rings. The largest absolute Gasteiger partial charge is 0.317 e. The maximum absolute atomic E-state index is 7.92. The highest BCUT2D eigenvalue weighted by Gasteiger charge is 2.26. The van der Waals surface area contributed by atoms with E-state index in [2.05, 4.69) is 92.0 Å². The molecule has 0 aliphatic carbocycles. The van der Waals surface area contributed by atoms with Crippen molar-refractivity contribution in [3.63, 3.8) is 0 Å². The van der Waals surface area contributed by atoms with Gasteiger partial charge in [-0.15, -0.1) is 0 Å². The maximum Gasteiger partial charge on any atom is 0.224 e. The fourth-order valence-corrected chi connectivity index (χ4v) is 5.79. The summed E-state index contributed by atoms with van der Waals surface area (Å²) < 4.78 is 4.66. The Hall–Kier alpha value is -3.64. The zero-order valence-corrected chi connectivity index (χ0v) is 20.2. The second-order valence-corrected chi connectivity index (χ2v) is 10.8. The first kappa shape index (κ1) is 20.0. The second kappa shape index (κ2) is 6.45. The average Bonchev–Trinajstić information content (AvgIpc) is 3.08. The highest BCUT2D eigenvalue weighted by molar-refractivity contribution is 6.27. The second-order valence-electron chi connectivity index (χ2n) is 10.8. The molecule has 3 heterocycles. The van der Waals surface area contributed by atoms with E-state index < -0.39 is 0 Å². The summed E-state index contributed by atoms with van der Waals surface area (Å²) >= 11 is 0. The van der Waals surface area contributed by atoms with Gasteiger partial charge in [0.25, 0.3) is 0 Å². The Bertz CT molecular complexity index is 1800. The van der Waals surface area contributed by atoms with Crippen LogP contribution in [0.15, 0.2) is 48.7 Å². The normalized spacial score (nSPS) is 12.6. The van der Waals surface area contributed by atoms with Gasteiger partial charge in [0, 0.05) is 11.5 Å². The summed E-state index contributed by atoms with van der Waals surface area (Å²) in [5.74, 6) is 0. The number of nitrogens with zero attached hydrogens (tertiary/aromatic N) is 3. The van der Waals surface area contributed by atoms with Gasteiger partial charge >= 0.3 is 0 Å². The molecule has 0 aliphatic rings. The van der Waals surface area contributed by atoms with Gasteiger partial charge in [-0.1, -0.05) is 45.0 Å². The minimum Gasteiger partial charge on any atom is -0.317 e. The number of fused-ring (bicyclic) bond motifs is 5. The number of pyridine rings is 2. The van der Waals surface area contributed by atoms with Crippen molar-refractivity contribution >= 4 is 54.7 Å². The Labute approximate surface area is 194 Å². The van der Waals surface area contributed by atoms with E-state index in [1.807, 2.05) is 12.1 Å². The highest BCUT2D eigenvalue weighted by atomic mass is 15.0. The smallest absolute Gasteiger partial charge is 0.224 e. The van der Waals surface area contributed by atoms with Crippen molar-refractivity contribution in [2.75, 3.05) is 0 Å². The molecule has 0 aliphatic heterocycles. The number of aromatic nitrogens is 2. The van der Waals surface area contributed by atoms with Gasteiger partial charge in [0.15, 0.2) is 6.20 Å². The Balaban J connectivity index is 2.02. The first-order chi connectivity index (χ1) is 15.7. The molecule has 0 saturated heterocycles. The van der Waals surface area contributed by atoms with E-state index >= 15 is 0 Å². The lowest BCUT2D eigenvalue weighted by molar-refractivity contribution is -0.643. The predicted molar refractivity (Wildman–Crippen MR) is 139 cm³/mol. The van der Waals surface area contributed by atoms with Crippen molar-refractivity contribution < 1.29 is 4.57 Å². The number of para-hydroxylation sites is 1. The molecule has 0 radical (unpaired) electrons. The van der Waals surface area contributed by atoms with Crippen LogP contribution in [0.5, 0.6) is 0 Å². The van der Waals surface area contributed by atoms with Crippen molar-refractivity contribution in [3.8, 4) is 0 Å². The molecule has 3 aromatic heterocycles. The molecule has 33 heavy (non-hydrogen) atoms. The van der Waals surface area contributed by atoms with Crippen LogP contribution in [-0.4, -0.2) is 4.40 Å². The summed E-state index contributed by atoms with van der Waals surface area (Å²) in [4.78, 5) is 3.94. The third-order valence-electron chi connectivity index (χ3n) is 7.18. The third-order valence-corrected chi connectivity index (χ3v) is 7.18. The van der Waals surface area contributed by atoms with Crippen LogP contribution in [0.1, 0.15) is 37.5 Å². The van der Waals surface area contributed by atoms with Crippen molar-refractivity contribution in [3.05, 3.63) is 76.8 Å². The third kappa shape index (κ3) is 2.64. The highest BCUT2D eigenvalue weighted by Crippen LogP contribution is 2.44. The van der Waals surface area contributed by atoms with Gasteiger partial charge in [0.2, 0.25) is 11.2 Å². The zero-order valence-electron chi connectivity index (χ0n) is 20.2. The molecular weight excluding hydrogens is 402 g/mol. The van der Waals surface area contributed by atoms with Crippen LogP contribution in [-0.2, 0) is 13.5 Å². The number of benzene rings is 3. The molecule has 0 bridgehead atoms. The van der Waals surface area contributed by atoms with E-state index in [-0.39, 0.29) is 5.41 Å². The van der Waals surface area contributed by atoms with Crippen molar-refractivity contribution in [2.24, 2.45) is 12.5 Å². The van der Waals surface area contributed by atoms with E-state index in [0.29, 0.717) is 5.69 Å². The van der Waals surface area contributed by atoms with Crippen molar-refractivity contribution in [1.82, 2.24) is 4.40 Å². The fraction of sp³-hybridized carbons (Fsp3) is 0.267. The fourth-order valence-electron chi connectivity index (χ4n) is 5.79. The van der Waals surface area contributed by atoms with Gasteiger partial charge in [-0.2, -0.15) is 0 Å². The molecule has 0 N–H and O–H groups in total. The van der Waals surface area contributed by atoms with Crippen LogP contribution in [0, 0.1) is 25.8 Å². The molecule has 162 valence electrons. The molecule has 0 saturated carbocycles. The number of rotatable bonds is 1. The molecule has 6 aromatic rings. The van der Waals surface area contributed by atoms with E-state index in [0.717, 1.165) is 17.3 Å². The molecule has 3 aromatic carbocycles. The molecule has 0 amide bonds. The summed E-state index contributed by atoms with van der Waals surface area (Å²) in [5.41, 5.74) is 9.57. The van der Waals surface area contributed by atoms with Crippen molar-refractivity contribution in [2.45, 2.75) is 41.0 Å². The number of hydrogen-bond acceptors (Lipinski definition) is 0. The average molecular weight is 431 g/mol. The molecule has 0 atom stereocenters. The number of aryl methyl sites for hydroxylation is 3. The topological polar surface area (TPSA) is 12.6 Å². The first-order valence-electron chi connectivity index (χ1n) is 11.6. The van der Waals surface area contributed by atoms with Crippen LogP contribution in [0.3, 0.4) is 0 Å². The van der Waals surface area contributed by atoms with Crippen LogP contribution in [0.4, 0.5) is 5.69 Å². The van der Waals surface area contributed by atoms with E-state index in [1.54, 1.807) is 0 Å². The van der Waals surface area contributed by atoms with E-state index in [4.69, 9.17) is 6.57 Å². The molecule has 6 rings (SSSR count). The standard InChI is InChI=1S/C30H28N3/c1-17-13-22-21-9-8-10-23(31-6)27(21)33-24-15-19(16-30(3,4)5)14-20-11-12-32(7)29(26(20)24)25(18(17)2)28(22)33/h8-15H,16H2,1-5,7H3/q+1. The van der Waals surface area contributed by atoms with Gasteiger partial charge in [-0.05, 0) is 65.3 Å². The summed E-state index contributed by atoms with van der Waals surface area (Å²) in [6, 6.07) is 15.4. The van der Waals surface area contributed by atoms with Gasteiger partial charge in [-0.3, -0.25) is 0 Å². The Morgan fingerprint density at radius 3 is 2.48 bits per heavy atom. The minimum atomic E-state index is 0.193. The SMILES string of the molecule is [C-]#[N+]c1cccc2c3cc(C)c(C)c4c3n(c3cc(CC(C)(C)C)cc5cc[n+](C)c4c53)c12. The van der Waals surface area contributed by atoms with Crippen LogP contribution < -0.4 is 4.57 Å². The van der Waals surface area contributed by atoms with E-state index in [1.165, 1.54) is 54.8 Å². The van der Waals surface area contributed by atoms with Gasteiger partial charge in [0.05, 0.1) is 33.9 Å². The first-order valence-corrected chi connectivity index (χ1v) is 11.6. The molecular formula is C30H28N3+. The van der Waals surface area contributed by atoms with Gasteiger partial charge in [0.1, 0.15) is 7.05 Å². The van der Waals surface area contributed by atoms with Crippen LogP contribution in [0.25, 0.3) is 53.8 Å². The Morgan fingerprint density at radius 2 is 1.76 bits per heavy atom. The van der Waals surface area contributed by atoms with Crippen LogP contribution >= 0.6 is 0 Å². The lowest BCUT2D eigenvalue weighted by atomic mass is 9.87. The maximum atomic E-state index is 7.92. The molecule has 3 heteroatoms. The lowest BCUT2D eigenvalue weighted by Crippen LogP contribution is -2.29. The van der Waals surface area contributed by atoms with Gasteiger partial charge in [-0.25, -0.2) is 9.41 Å². The summed E-state index contributed by atoms with van der Waals surface area (Å²) in [7, 11) is 2.15. The quantitative estimate of drug-likeness (QED) is 0.110. The molecule has 0 spiro atoms. The Kier molecular flexibility index (Phi) is 3.91. The Morgan fingerprint density at radius 1 is 0.970 bits per heavy atom. The summed E-state index contributed by atoms with van der Waals surface area (Å²) in [6.07, 6.45) is 3.20. The van der Waals surface area contributed by atoms with Crippen molar-refractivity contribution in [1.29, 1.82) is 0 Å². The van der Waals surface area contributed by atoms with Crippen LogP contribution in [0.2, 0.25) is 0 Å². The summed E-state index contributed by atoms with van der Waals surface area (Å²) in [5, 5.41) is 6.23. The van der Waals surface area contributed by atoms with E-state index in [9.17, 15) is 0 Å². The molecule has 3 nitrogen and oxygen atoms in total.